The van der Waals surface area contributed by atoms with Crippen molar-refractivity contribution < 1.29 is 19.0 Å². The first-order valence-corrected chi connectivity index (χ1v) is 12.2. The predicted molar refractivity (Wildman–Crippen MR) is 131 cm³/mol. The number of amides is 1. The zero-order valence-electron chi connectivity index (χ0n) is 20.3. The van der Waals surface area contributed by atoms with Gasteiger partial charge in [-0.1, -0.05) is 0 Å². The van der Waals surface area contributed by atoms with E-state index >= 15 is 0 Å². The number of nitrogens with zero attached hydrogens (tertiary/aromatic N) is 5. The highest BCUT2D eigenvalue weighted by atomic mass is 16.5. The molecule has 0 bridgehead atoms. The molecule has 1 fully saturated rings. The smallest absolute Gasteiger partial charge is 0.259 e. The lowest BCUT2D eigenvalue weighted by Gasteiger charge is -2.37. The molecule has 10 nitrogen and oxygen atoms in total. The molecule has 1 aliphatic carbocycles. The summed E-state index contributed by atoms with van der Waals surface area (Å²) in [5.74, 6) is 1.79. The second-order valence-corrected chi connectivity index (χ2v) is 8.90. The lowest BCUT2D eigenvalue weighted by atomic mass is 9.92. The van der Waals surface area contributed by atoms with Gasteiger partial charge < -0.3 is 14.2 Å². The summed E-state index contributed by atoms with van der Waals surface area (Å²) in [4.78, 5) is 31.1. The number of ether oxygens (including phenoxy) is 3. The highest BCUT2D eigenvalue weighted by molar-refractivity contribution is 6.17. The van der Waals surface area contributed by atoms with Crippen LogP contribution < -0.4 is 5.32 Å². The molecule has 5 rings (SSSR count). The van der Waals surface area contributed by atoms with E-state index in [0.717, 1.165) is 62.1 Å². The van der Waals surface area contributed by atoms with Gasteiger partial charge in [-0.2, -0.15) is 0 Å². The molecule has 2 atom stereocenters. The van der Waals surface area contributed by atoms with Gasteiger partial charge in [0.05, 0.1) is 31.9 Å². The maximum atomic E-state index is 12.9. The number of carbonyl (C=O) groups excluding carboxylic acids is 1. The molecule has 1 aromatic rings. The highest BCUT2D eigenvalue weighted by Crippen LogP contribution is 2.32. The van der Waals surface area contributed by atoms with E-state index in [1.807, 2.05) is 30.0 Å². The van der Waals surface area contributed by atoms with E-state index in [2.05, 4.69) is 15.2 Å². The van der Waals surface area contributed by atoms with Crippen molar-refractivity contribution in [3.8, 4) is 0 Å². The van der Waals surface area contributed by atoms with Crippen LogP contribution in [0.4, 0.5) is 0 Å². The van der Waals surface area contributed by atoms with Crippen molar-refractivity contribution in [1.29, 1.82) is 0 Å². The maximum Gasteiger partial charge on any atom is 0.259 e. The van der Waals surface area contributed by atoms with Crippen molar-refractivity contribution in [2.75, 3.05) is 59.7 Å². The van der Waals surface area contributed by atoms with Crippen LogP contribution in [0, 0.1) is 6.92 Å². The van der Waals surface area contributed by atoms with Crippen molar-refractivity contribution in [3.63, 3.8) is 0 Å². The average molecular weight is 481 g/mol. The fraction of sp³-hybridized carbons (Fsp3) is 0.520. The molecule has 1 aromatic heterocycles. The van der Waals surface area contributed by atoms with Gasteiger partial charge in [-0.05, 0) is 37.6 Å². The van der Waals surface area contributed by atoms with E-state index in [-0.39, 0.29) is 11.9 Å². The summed E-state index contributed by atoms with van der Waals surface area (Å²) in [5.41, 5.74) is 2.31. The normalized spacial score (nSPS) is 24.0. The molecule has 2 unspecified atom stereocenters. The summed E-state index contributed by atoms with van der Waals surface area (Å²) in [5, 5.41) is 2.96. The first-order valence-electron chi connectivity index (χ1n) is 12.2. The van der Waals surface area contributed by atoms with Crippen LogP contribution >= 0.6 is 0 Å². The first-order chi connectivity index (χ1) is 17.1. The largest absolute Gasteiger partial charge is 0.495 e. The third-order valence-electron chi connectivity index (χ3n) is 6.57. The average Bonchev–Trinajstić information content (AvgIpc) is 3.38. The van der Waals surface area contributed by atoms with Gasteiger partial charge in [0.15, 0.2) is 0 Å². The Kier molecular flexibility index (Phi) is 7.21. The zero-order valence-corrected chi connectivity index (χ0v) is 20.3. The summed E-state index contributed by atoms with van der Waals surface area (Å²) in [7, 11) is 1.66. The topological polar surface area (TPSA) is 101 Å². The second-order valence-electron chi connectivity index (χ2n) is 8.90. The Balaban J connectivity index is 1.29. The maximum absolute atomic E-state index is 12.9. The van der Waals surface area contributed by atoms with Gasteiger partial charge in [0, 0.05) is 50.8 Å². The number of hydrogen-bond donors (Lipinski definition) is 1. The molecule has 1 amide bonds. The fourth-order valence-electron chi connectivity index (χ4n) is 4.68. The second kappa shape index (κ2) is 10.7. The molecule has 3 aliphatic heterocycles. The minimum Gasteiger partial charge on any atom is -0.495 e. The van der Waals surface area contributed by atoms with Crippen LogP contribution in [0.5, 0.6) is 0 Å². The number of fused-ring (bicyclic) bond motifs is 3. The summed E-state index contributed by atoms with van der Waals surface area (Å²) < 4.78 is 17.4. The van der Waals surface area contributed by atoms with E-state index in [9.17, 15) is 4.79 Å². The van der Waals surface area contributed by atoms with Gasteiger partial charge in [0.1, 0.15) is 23.7 Å². The van der Waals surface area contributed by atoms with Crippen LogP contribution in [0.2, 0.25) is 0 Å². The van der Waals surface area contributed by atoms with Crippen LogP contribution in [0.3, 0.4) is 0 Å². The number of aryl methyl sites for hydroxylation is 1. The van der Waals surface area contributed by atoms with E-state index in [0.29, 0.717) is 31.2 Å². The van der Waals surface area contributed by atoms with Gasteiger partial charge in [-0.25, -0.2) is 4.99 Å². The summed E-state index contributed by atoms with van der Waals surface area (Å²) in [6, 6.07) is 3.23. The van der Waals surface area contributed by atoms with Gasteiger partial charge >= 0.3 is 0 Å². The minimum atomic E-state index is -0.392. The van der Waals surface area contributed by atoms with Crippen molar-refractivity contribution >= 4 is 17.7 Å². The molecule has 0 radical (unpaired) electrons. The number of amidine groups is 1. The molecule has 186 valence electrons. The van der Waals surface area contributed by atoms with Gasteiger partial charge in [0.2, 0.25) is 5.96 Å². The van der Waals surface area contributed by atoms with Crippen molar-refractivity contribution in [1.82, 2.24) is 20.1 Å². The Bertz CT molecular complexity index is 1060. The van der Waals surface area contributed by atoms with E-state index in [1.165, 1.54) is 0 Å². The Hall–Kier alpha value is -3.08. The number of pyridine rings is 1. The molecule has 0 saturated carbocycles. The molecule has 1 N–H and O–H groups in total. The molecule has 10 heteroatoms. The molecule has 4 aliphatic rings. The summed E-state index contributed by atoms with van der Waals surface area (Å²) in [6.45, 7) is 8.31. The minimum absolute atomic E-state index is 0.255. The fourth-order valence-corrected chi connectivity index (χ4v) is 4.68. The molecule has 1 saturated heterocycles. The molecular formula is C25H32N6O4. The first kappa shape index (κ1) is 23.7. The number of morpholine rings is 1. The summed E-state index contributed by atoms with van der Waals surface area (Å²) >= 11 is 0. The Morgan fingerprint density at radius 1 is 1.23 bits per heavy atom. The summed E-state index contributed by atoms with van der Waals surface area (Å²) in [6.07, 6.45) is 6.08. The number of carbonyl (C=O) groups is 1. The van der Waals surface area contributed by atoms with E-state index < -0.39 is 6.10 Å². The third kappa shape index (κ3) is 5.14. The van der Waals surface area contributed by atoms with Gasteiger partial charge in [0.25, 0.3) is 5.91 Å². The molecule has 0 aromatic carbocycles. The van der Waals surface area contributed by atoms with Gasteiger partial charge in [-0.15, -0.1) is 0 Å². The Morgan fingerprint density at radius 3 is 2.86 bits per heavy atom. The number of rotatable bonds is 7. The number of aromatic nitrogens is 1. The van der Waals surface area contributed by atoms with Crippen molar-refractivity contribution in [2.24, 2.45) is 9.98 Å². The number of methoxy groups -OCH3 is 1. The molecular weight excluding hydrogens is 448 g/mol. The standard InChI is InChI=1S/C25H32N6O4/c1-17-4-5-18(16-27-17)24(32)29-25-28-21-19(23-26-8-10-31(23)25)6-7-20(22(21)33-2)35-13-3-9-30-11-14-34-15-12-30/h4-7,16,21-22H,3,8-15H2,1-2H3,(H,28,29,32). The molecule has 0 spiro atoms. The van der Waals surface area contributed by atoms with Crippen molar-refractivity contribution in [3.05, 3.63) is 53.1 Å². The Labute approximate surface area is 205 Å². The Morgan fingerprint density at radius 2 is 2.09 bits per heavy atom. The monoisotopic (exact) mass is 480 g/mol. The van der Waals surface area contributed by atoms with Crippen LogP contribution in [0.25, 0.3) is 0 Å². The molecule has 35 heavy (non-hydrogen) atoms. The predicted octanol–water partition coefficient (Wildman–Crippen LogP) is 1.15. The van der Waals surface area contributed by atoms with E-state index in [4.69, 9.17) is 24.2 Å². The third-order valence-corrected chi connectivity index (χ3v) is 6.57. The number of aliphatic imine (C=N–C) groups is 2. The quantitative estimate of drug-likeness (QED) is 0.585. The number of allylic oxidation sites excluding steroid dienone is 2. The number of hydrogen-bond acceptors (Lipinski definition) is 9. The lowest BCUT2D eigenvalue weighted by Crippen LogP contribution is -2.53. The number of nitrogens with one attached hydrogen (secondary N) is 1. The lowest BCUT2D eigenvalue weighted by molar-refractivity contribution is 0.0281. The van der Waals surface area contributed by atoms with Crippen LogP contribution in [0.15, 0.2) is 51.8 Å². The van der Waals surface area contributed by atoms with Gasteiger partial charge in [-0.3, -0.25) is 29.9 Å². The highest BCUT2D eigenvalue weighted by Gasteiger charge is 2.42. The van der Waals surface area contributed by atoms with Crippen molar-refractivity contribution in [2.45, 2.75) is 25.5 Å². The van der Waals surface area contributed by atoms with Crippen LogP contribution in [0.1, 0.15) is 22.5 Å². The zero-order chi connectivity index (χ0) is 24.2. The van der Waals surface area contributed by atoms with Crippen LogP contribution in [-0.2, 0) is 14.2 Å². The SMILES string of the molecule is COC1C(OCCCN2CCOCC2)=CC=C2C3=NCCN3C(NC(=O)c3ccc(C)nc3)=NC21. The molecule has 4 heterocycles. The van der Waals surface area contributed by atoms with Crippen LogP contribution in [-0.4, -0.2) is 104 Å². The number of guanidine groups is 1. The van der Waals surface area contributed by atoms with E-state index in [1.54, 1.807) is 19.4 Å².